The number of piperidine rings is 1. The molecule has 0 radical (unpaired) electrons. The fourth-order valence-electron chi connectivity index (χ4n) is 2.85. The highest BCUT2D eigenvalue weighted by atomic mass is 35.5. The zero-order valence-corrected chi connectivity index (χ0v) is 13.9. The number of nitrogens with zero attached hydrogens (tertiary/aromatic N) is 2. The third-order valence-corrected chi connectivity index (χ3v) is 4.47. The summed E-state index contributed by atoms with van der Waals surface area (Å²) in [5.41, 5.74) is 0. The van der Waals surface area contributed by atoms with Crippen LogP contribution in [0.15, 0.2) is 41.1 Å². The van der Waals surface area contributed by atoms with Crippen LogP contribution in [0.5, 0.6) is 0 Å². The van der Waals surface area contributed by atoms with Crippen molar-refractivity contribution >= 4 is 23.3 Å². The zero-order valence-electron chi connectivity index (χ0n) is 13.2. The van der Waals surface area contributed by atoms with Crippen molar-refractivity contribution < 1.29 is 14.3 Å². The number of rotatable bonds is 5. The van der Waals surface area contributed by atoms with Crippen molar-refractivity contribution in [2.24, 2.45) is 5.92 Å². The Balaban J connectivity index is 1.45. The molecule has 0 aliphatic carbocycles. The van der Waals surface area contributed by atoms with Crippen molar-refractivity contribution in [2.75, 3.05) is 24.5 Å². The maximum absolute atomic E-state index is 12.3. The van der Waals surface area contributed by atoms with Gasteiger partial charge in [-0.1, -0.05) is 11.6 Å². The Hall–Kier alpha value is -2.05. The van der Waals surface area contributed by atoms with Gasteiger partial charge >= 0.3 is 0 Å². The lowest BCUT2D eigenvalue weighted by Gasteiger charge is -2.32. The highest BCUT2D eigenvalue weighted by molar-refractivity contribution is 6.30. The molecule has 2 N–H and O–H groups in total. The Morgan fingerprint density at radius 2 is 2.21 bits per heavy atom. The molecule has 2 aromatic rings. The number of carbonyl (C=O) groups is 1. The first-order valence-corrected chi connectivity index (χ1v) is 8.37. The van der Waals surface area contributed by atoms with Crippen LogP contribution in [-0.2, 0) is 4.79 Å². The van der Waals surface area contributed by atoms with Gasteiger partial charge in [-0.15, -0.1) is 0 Å². The fraction of sp³-hybridized carbons (Fsp3) is 0.412. The summed E-state index contributed by atoms with van der Waals surface area (Å²) in [5.74, 6) is 1.27. The zero-order chi connectivity index (χ0) is 16.9. The summed E-state index contributed by atoms with van der Waals surface area (Å²) >= 11 is 5.85. The molecule has 24 heavy (non-hydrogen) atoms. The average Bonchev–Trinajstić information content (AvgIpc) is 3.15. The molecule has 128 valence electrons. The van der Waals surface area contributed by atoms with Crippen LogP contribution in [0.1, 0.15) is 24.7 Å². The number of furan rings is 1. The van der Waals surface area contributed by atoms with E-state index in [0.717, 1.165) is 31.7 Å². The molecule has 1 unspecified atom stereocenters. The molecule has 1 aliphatic heterocycles. The Morgan fingerprint density at radius 3 is 2.83 bits per heavy atom. The second kappa shape index (κ2) is 7.68. The first-order chi connectivity index (χ1) is 11.6. The third kappa shape index (κ3) is 4.07. The highest BCUT2D eigenvalue weighted by Crippen LogP contribution is 2.23. The lowest BCUT2D eigenvalue weighted by molar-refractivity contribution is -0.126. The SMILES string of the molecule is O=C(NCC(O)c1ccco1)C1CCN(c2ccc(Cl)cn2)CC1. The van der Waals surface area contributed by atoms with Gasteiger partial charge in [-0.3, -0.25) is 4.79 Å². The Kier molecular flexibility index (Phi) is 5.37. The fourth-order valence-corrected chi connectivity index (χ4v) is 2.96. The minimum absolute atomic E-state index is 0.0238. The van der Waals surface area contributed by atoms with Gasteiger partial charge < -0.3 is 19.7 Å². The van der Waals surface area contributed by atoms with Gasteiger partial charge in [0.25, 0.3) is 0 Å². The molecule has 1 fully saturated rings. The standard InChI is InChI=1S/C17H20ClN3O3/c18-13-3-4-16(19-10-13)21-7-5-12(6-8-21)17(23)20-11-14(22)15-2-1-9-24-15/h1-4,9-10,12,14,22H,5-8,11H2,(H,20,23). The van der Waals surface area contributed by atoms with E-state index in [1.807, 2.05) is 12.1 Å². The summed E-state index contributed by atoms with van der Waals surface area (Å²) in [7, 11) is 0. The summed E-state index contributed by atoms with van der Waals surface area (Å²) in [6.07, 6.45) is 3.83. The number of hydrogen-bond donors (Lipinski definition) is 2. The van der Waals surface area contributed by atoms with Crippen LogP contribution < -0.4 is 10.2 Å². The maximum atomic E-state index is 12.3. The van der Waals surface area contributed by atoms with Gasteiger partial charge in [0.05, 0.1) is 17.8 Å². The average molecular weight is 350 g/mol. The summed E-state index contributed by atoms with van der Waals surface area (Å²) in [4.78, 5) is 18.7. The van der Waals surface area contributed by atoms with E-state index in [1.165, 1.54) is 6.26 Å². The molecule has 3 heterocycles. The normalized spacial score (nSPS) is 16.8. The third-order valence-electron chi connectivity index (χ3n) is 4.24. The van der Waals surface area contributed by atoms with Crippen molar-refractivity contribution in [3.63, 3.8) is 0 Å². The van der Waals surface area contributed by atoms with Gasteiger partial charge in [0, 0.05) is 25.2 Å². The van der Waals surface area contributed by atoms with Gasteiger partial charge in [-0.25, -0.2) is 4.98 Å². The number of aliphatic hydroxyl groups excluding tert-OH is 1. The van der Waals surface area contributed by atoms with Gasteiger partial charge in [-0.2, -0.15) is 0 Å². The first-order valence-electron chi connectivity index (χ1n) is 7.99. The first kappa shape index (κ1) is 16.8. The van der Waals surface area contributed by atoms with Gasteiger partial charge in [0.15, 0.2) is 0 Å². The quantitative estimate of drug-likeness (QED) is 0.866. The van der Waals surface area contributed by atoms with E-state index in [-0.39, 0.29) is 18.4 Å². The van der Waals surface area contributed by atoms with Crippen molar-refractivity contribution in [2.45, 2.75) is 18.9 Å². The van der Waals surface area contributed by atoms with Crippen LogP contribution in [0.4, 0.5) is 5.82 Å². The van der Waals surface area contributed by atoms with E-state index >= 15 is 0 Å². The largest absolute Gasteiger partial charge is 0.467 e. The number of carbonyl (C=O) groups excluding carboxylic acids is 1. The highest BCUT2D eigenvalue weighted by Gasteiger charge is 2.26. The summed E-state index contributed by atoms with van der Waals surface area (Å²) in [5, 5.41) is 13.4. The van der Waals surface area contributed by atoms with Crippen LogP contribution in [0.2, 0.25) is 5.02 Å². The smallest absolute Gasteiger partial charge is 0.223 e. The van der Waals surface area contributed by atoms with Crippen molar-refractivity contribution in [1.29, 1.82) is 0 Å². The van der Waals surface area contributed by atoms with E-state index in [1.54, 1.807) is 18.3 Å². The van der Waals surface area contributed by atoms with Gasteiger partial charge in [0.2, 0.25) is 5.91 Å². The van der Waals surface area contributed by atoms with Crippen molar-refractivity contribution in [3.05, 3.63) is 47.5 Å². The topological polar surface area (TPSA) is 78.6 Å². The molecule has 1 atom stereocenters. The van der Waals surface area contributed by atoms with Crippen LogP contribution in [0, 0.1) is 5.92 Å². The van der Waals surface area contributed by atoms with Crippen LogP contribution >= 0.6 is 11.6 Å². The second-order valence-electron chi connectivity index (χ2n) is 5.87. The van der Waals surface area contributed by atoms with E-state index < -0.39 is 6.10 Å². The summed E-state index contributed by atoms with van der Waals surface area (Å²) in [6, 6.07) is 7.11. The molecular formula is C17H20ClN3O3. The molecule has 0 saturated carbocycles. The molecule has 2 aromatic heterocycles. The number of pyridine rings is 1. The monoisotopic (exact) mass is 349 g/mol. The van der Waals surface area contributed by atoms with Crippen molar-refractivity contribution in [1.82, 2.24) is 10.3 Å². The molecule has 0 aromatic carbocycles. The lowest BCUT2D eigenvalue weighted by atomic mass is 9.96. The minimum atomic E-state index is -0.817. The molecule has 3 rings (SSSR count). The number of nitrogens with one attached hydrogen (secondary N) is 1. The Morgan fingerprint density at radius 1 is 1.42 bits per heavy atom. The molecule has 1 amide bonds. The van der Waals surface area contributed by atoms with Gasteiger partial charge in [-0.05, 0) is 37.1 Å². The van der Waals surface area contributed by atoms with Crippen LogP contribution in [0.25, 0.3) is 0 Å². The van der Waals surface area contributed by atoms with Gasteiger partial charge in [0.1, 0.15) is 17.7 Å². The minimum Gasteiger partial charge on any atom is -0.467 e. The number of halogens is 1. The number of aromatic nitrogens is 1. The van der Waals surface area contributed by atoms with Crippen molar-refractivity contribution in [3.8, 4) is 0 Å². The molecule has 1 aliphatic rings. The molecule has 6 nitrogen and oxygen atoms in total. The van der Waals surface area contributed by atoms with Crippen LogP contribution in [-0.4, -0.2) is 35.6 Å². The van der Waals surface area contributed by atoms with E-state index in [2.05, 4.69) is 15.2 Å². The summed E-state index contributed by atoms with van der Waals surface area (Å²) in [6.45, 7) is 1.70. The second-order valence-corrected chi connectivity index (χ2v) is 6.31. The predicted molar refractivity (Wildman–Crippen MR) is 90.9 cm³/mol. The van der Waals surface area contributed by atoms with E-state index in [4.69, 9.17) is 16.0 Å². The molecule has 0 bridgehead atoms. The molecule has 7 heteroatoms. The number of anilines is 1. The maximum Gasteiger partial charge on any atom is 0.223 e. The number of hydrogen-bond acceptors (Lipinski definition) is 5. The summed E-state index contributed by atoms with van der Waals surface area (Å²) < 4.78 is 5.12. The lowest BCUT2D eigenvalue weighted by Crippen LogP contribution is -2.41. The molecule has 1 saturated heterocycles. The number of aliphatic hydroxyl groups is 1. The van der Waals surface area contributed by atoms with E-state index in [9.17, 15) is 9.90 Å². The Bertz CT molecular complexity index is 652. The predicted octanol–water partition coefficient (Wildman–Crippen LogP) is 2.39. The molecule has 0 spiro atoms. The molecular weight excluding hydrogens is 330 g/mol. The Labute approximate surface area is 145 Å². The van der Waals surface area contributed by atoms with E-state index in [0.29, 0.717) is 10.8 Å². The van der Waals surface area contributed by atoms with Crippen LogP contribution in [0.3, 0.4) is 0 Å². The number of amides is 1.